The Bertz CT molecular complexity index is 940. The number of rotatable bonds is 0. The number of carbonyl (C=O) groups excluding carboxylic acids is 3. The van der Waals surface area contributed by atoms with Gasteiger partial charge in [-0.3, -0.25) is 19.3 Å². The molecule has 0 N–H and O–H groups in total. The van der Waals surface area contributed by atoms with Crippen molar-refractivity contribution in [3.63, 3.8) is 0 Å². The number of fused-ring (bicyclic) bond motifs is 2. The summed E-state index contributed by atoms with van der Waals surface area (Å²) >= 11 is 0. The maximum atomic E-state index is 12.9. The summed E-state index contributed by atoms with van der Waals surface area (Å²) in [4.78, 5) is 36.4. The fraction of sp³-hybridized carbons (Fsp3) is 0.357. The van der Waals surface area contributed by atoms with Crippen molar-refractivity contribution in [3.05, 3.63) is 29.3 Å². The molecular formula is C14H11F3N2O5S. The van der Waals surface area contributed by atoms with Gasteiger partial charge in [-0.1, -0.05) is 6.07 Å². The van der Waals surface area contributed by atoms with Crippen LogP contribution >= 0.6 is 0 Å². The van der Waals surface area contributed by atoms with Gasteiger partial charge in [0.1, 0.15) is 0 Å². The van der Waals surface area contributed by atoms with E-state index in [-0.39, 0.29) is 9.87 Å². The predicted octanol–water partition coefficient (Wildman–Crippen LogP) is 0.840. The third-order valence-corrected chi connectivity index (χ3v) is 6.29. The lowest BCUT2D eigenvalue weighted by atomic mass is 9.87. The summed E-state index contributed by atoms with van der Waals surface area (Å²) in [5.41, 5.74) is -3.71. The summed E-state index contributed by atoms with van der Waals surface area (Å²) in [6.07, 6.45) is -5.47. The van der Waals surface area contributed by atoms with Gasteiger partial charge in [-0.15, -0.1) is 0 Å². The van der Waals surface area contributed by atoms with E-state index in [4.69, 9.17) is 0 Å². The Kier molecular flexibility index (Phi) is 3.35. The van der Waals surface area contributed by atoms with E-state index in [9.17, 15) is 36.0 Å². The van der Waals surface area contributed by atoms with Gasteiger partial charge in [0.05, 0.1) is 16.9 Å². The third-order valence-electron chi connectivity index (χ3n) is 4.35. The number of benzene rings is 1. The number of likely N-dealkylation sites (N-methyl/N-ethyl adjacent to an activating group) is 1. The zero-order valence-electron chi connectivity index (χ0n) is 12.9. The molecule has 7 nitrogen and oxygen atoms in total. The summed E-state index contributed by atoms with van der Waals surface area (Å²) in [6, 6.07) is 1.84. The van der Waals surface area contributed by atoms with Crippen LogP contribution in [0.2, 0.25) is 0 Å². The lowest BCUT2D eigenvalue weighted by Gasteiger charge is -2.30. The number of likely N-dealkylation sites (tertiary alicyclic amines) is 1. The second-order valence-electron chi connectivity index (χ2n) is 5.79. The molecule has 0 aliphatic carbocycles. The molecule has 0 aromatic heterocycles. The van der Waals surface area contributed by atoms with Crippen molar-refractivity contribution in [1.82, 2.24) is 9.21 Å². The van der Waals surface area contributed by atoms with Crippen molar-refractivity contribution in [2.45, 2.75) is 30.0 Å². The number of sulfonamides is 1. The van der Waals surface area contributed by atoms with Crippen LogP contribution in [0, 0.1) is 0 Å². The molecule has 1 atom stereocenters. The largest absolute Gasteiger partial charge is 0.416 e. The molecule has 3 rings (SSSR count). The molecule has 11 heteroatoms. The summed E-state index contributed by atoms with van der Waals surface area (Å²) < 4.78 is 64.4. The lowest BCUT2D eigenvalue weighted by molar-refractivity contribution is -0.143. The summed E-state index contributed by atoms with van der Waals surface area (Å²) in [5.74, 6) is -2.78. The van der Waals surface area contributed by atoms with Gasteiger partial charge in [0, 0.05) is 19.5 Å². The Hall–Kier alpha value is -2.43. The molecule has 1 aromatic rings. The van der Waals surface area contributed by atoms with Gasteiger partial charge < -0.3 is 0 Å². The van der Waals surface area contributed by atoms with Crippen molar-refractivity contribution in [2.24, 2.45) is 0 Å². The number of hydrogen-bond donors (Lipinski definition) is 0. The zero-order valence-corrected chi connectivity index (χ0v) is 13.7. The van der Waals surface area contributed by atoms with Gasteiger partial charge >= 0.3 is 6.18 Å². The molecule has 0 bridgehead atoms. The van der Waals surface area contributed by atoms with Crippen molar-refractivity contribution < 1.29 is 36.0 Å². The first-order chi connectivity index (χ1) is 11.3. The molecule has 2 aliphatic heterocycles. The monoisotopic (exact) mass is 376 g/mol. The number of imide groups is 1. The van der Waals surface area contributed by atoms with Gasteiger partial charge in [-0.05, 0) is 12.1 Å². The fourth-order valence-electron chi connectivity index (χ4n) is 3.28. The van der Waals surface area contributed by atoms with Crippen molar-refractivity contribution in [1.29, 1.82) is 0 Å². The van der Waals surface area contributed by atoms with E-state index in [1.165, 1.54) is 0 Å². The minimum Gasteiger partial charge on any atom is -0.283 e. The standard InChI is InChI=1S/C14H11F3N2O5S/c1-7(20)19-13(6-11(21)18(2)12(13)22)9-4-3-8(14(15,16)17)5-10(9)25(19,23)24/h3-5H,6H2,1-2H3. The Morgan fingerprint density at radius 3 is 2.28 bits per heavy atom. The van der Waals surface area contributed by atoms with Crippen LogP contribution in [-0.2, 0) is 36.1 Å². The van der Waals surface area contributed by atoms with Crippen molar-refractivity contribution in [3.8, 4) is 0 Å². The van der Waals surface area contributed by atoms with Crippen LogP contribution in [0.5, 0.6) is 0 Å². The summed E-state index contributed by atoms with van der Waals surface area (Å²) in [5, 5.41) is 0. The Balaban J connectivity index is 2.38. The average molecular weight is 376 g/mol. The Labute approximate surface area is 140 Å². The topological polar surface area (TPSA) is 91.8 Å². The van der Waals surface area contributed by atoms with E-state index in [1.54, 1.807) is 0 Å². The van der Waals surface area contributed by atoms with Crippen LogP contribution in [0.4, 0.5) is 13.2 Å². The summed E-state index contributed by atoms with van der Waals surface area (Å²) in [7, 11) is -3.60. The number of amides is 3. The first-order valence-corrected chi connectivity index (χ1v) is 8.38. The zero-order chi connectivity index (χ0) is 18.9. The smallest absolute Gasteiger partial charge is 0.283 e. The third kappa shape index (κ3) is 2.04. The normalized spacial score (nSPS) is 25.0. The van der Waals surface area contributed by atoms with Crippen LogP contribution < -0.4 is 0 Å². The molecule has 2 aliphatic rings. The van der Waals surface area contributed by atoms with E-state index < -0.39 is 56.3 Å². The molecule has 1 spiro atoms. The van der Waals surface area contributed by atoms with Crippen molar-refractivity contribution >= 4 is 27.7 Å². The SMILES string of the molecule is CC(=O)N1C2(CC(=O)N(C)C2=O)c2ccc(C(F)(F)F)cc2S1(=O)=O. The van der Waals surface area contributed by atoms with Gasteiger partial charge in [-0.2, -0.15) is 13.2 Å². The predicted molar refractivity (Wildman–Crippen MR) is 75.2 cm³/mol. The van der Waals surface area contributed by atoms with E-state index in [1.807, 2.05) is 0 Å². The van der Waals surface area contributed by atoms with Gasteiger partial charge in [0.15, 0.2) is 5.54 Å². The van der Waals surface area contributed by atoms with E-state index in [2.05, 4.69) is 0 Å². The minimum absolute atomic E-state index is 0.217. The molecule has 134 valence electrons. The van der Waals surface area contributed by atoms with Crippen LogP contribution in [0.25, 0.3) is 0 Å². The highest BCUT2D eigenvalue weighted by Crippen LogP contribution is 2.51. The first-order valence-electron chi connectivity index (χ1n) is 6.94. The van der Waals surface area contributed by atoms with Crippen LogP contribution in [0.1, 0.15) is 24.5 Å². The maximum absolute atomic E-state index is 12.9. The average Bonchev–Trinajstić information content (AvgIpc) is 2.82. The van der Waals surface area contributed by atoms with Crippen LogP contribution in [-0.4, -0.2) is 42.4 Å². The number of hydrogen-bond acceptors (Lipinski definition) is 5. The van der Waals surface area contributed by atoms with Gasteiger partial charge in [0.25, 0.3) is 15.9 Å². The molecule has 0 saturated carbocycles. The molecule has 1 fully saturated rings. The Morgan fingerprint density at radius 1 is 1.24 bits per heavy atom. The lowest BCUT2D eigenvalue weighted by Crippen LogP contribution is -2.51. The quantitative estimate of drug-likeness (QED) is 0.626. The second-order valence-corrected chi connectivity index (χ2v) is 7.55. The molecular weight excluding hydrogens is 365 g/mol. The Morgan fingerprint density at radius 2 is 1.84 bits per heavy atom. The molecule has 3 amide bonds. The molecule has 2 heterocycles. The molecule has 1 unspecified atom stereocenters. The first kappa shape index (κ1) is 17.4. The fourth-order valence-corrected chi connectivity index (χ4v) is 5.25. The number of carbonyl (C=O) groups is 3. The van der Waals surface area contributed by atoms with E-state index in [0.717, 1.165) is 20.0 Å². The minimum atomic E-state index is -4.81. The van der Waals surface area contributed by atoms with E-state index in [0.29, 0.717) is 17.0 Å². The van der Waals surface area contributed by atoms with Crippen LogP contribution in [0.3, 0.4) is 0 Å². The molecule has 1 saturated heterocycles. The molecule has 0 radical (unpaired) electrons. The highest BCUT2D eigenvalue weighted by atomic mass is 32.2. The highest BCUT2D eigenvalue weighted by molar-refractivity contribution is 7.90. The highest BCUT2D eigenvalue weighted by Gasteiger charge is 2.65. The molecule has 1 aromatic carbocycles. The number of halogens is 3. The summed E-state index contributed by atoms with van der Waals surface area (Å²) in [6.45, 7) is 0.867. The van der Waals surface area contributed by atoms with E-state index >= 15 is 0 Å². The van der Waals surface area contributed by atoms with Gasteiger partial charge in [-0.25, -0.2) is 12.7 Å². The van der Waals surface area contributed by atoms with Crippen LogP contribution in [0.15, 0.2) is 23.1 Å². The molecule has 25 heavy (non-hydrogen) atoms. The second kappa shape index (κ2) is 4.81. The maximum Gasteiger partial charge on any atom is 0.416 e. The number of nitrogens with zero attached hydrogens (tertiary/aromatic N) is 2. The van der Waals surface area contributed by atoms with Crippen molar-refractivity contribution in [2.75, 3.05) is 7.05 Å². The number of alkyl halides is 3. The van der Waals surface area contributed by atoms with Gasteiger partial charge in [0.2, 0.25) is 11.8 Å².